The lowest BCUT2D eigenvalue weighted by Gasteiger charge is -2.23. The van der Waals surface area contributed by atoms with Gasteiger partial charge in [0.1, 0.15) is 0 Å². The molecule has 1 heterocycles. The lowest BCUT2D eigenvalue weighted by atomic mass is 10.1. The summed E-state index contributed by atoms with van der Waals surface area (Å²) in [6.07, 6.45) is 0.431. The third-order valence-electron chi connectivity index (χ3n) is 3.91. The molecule has 0 aromatic heterocycles. The molecule has 0 bridgehead atoms. The van der Waals surface area contributed by atoms with Crippen molar-refractivity contribution in [3.63, 3.8) is 0 Å². The first-order valence-corrected chi connectivity index (χ1v) is 9.30. The Morgan fingerprint density at radius 2 is 2.04 bits per heavy atom. The molecule has 2 rings (SSSR count). The van der Waals surface area contributed by atoms with Crippen LogP contribution in [-0.4, -0.2) is 53.9 Å². The first-order valence-electron chi connectivity index (χ1n) is 8.15. The number of carbonyl (C=O) groups is 2. The van der Waals surface area contributed by atoms with E-state index in [9.17, 15) is 9.59 Å². The van der Waals surface area contributed by atoms with Crippen molar-refractivity contribution in [2.24, 2.45) is 0 Å². The Balaban J connectivity index is 2.04. The Morgan fingerprint density at radius 3 is 2.70 bits per heavy atom. The van der Waals surface area contributed by atoms with Crippen LogP contribution in [0.4, 0.5) is 5.69 Å². The molecule has 2 N–H and O–H groups in total. The zero-order valence-electron chi connectivity index (χ0n) is 13.8. The van der Waals surface area contributed by atoms with Crippen LogP contribution in [0.25, 0.3) is 0 Å². The van der Waals surface area contributed by atoms with Crippen molar-refractivity contribution in [2.45, 2.75) is 26.3 Å². The summed E-state index contributed by atoms with van der Waals surface area (Å²) in [5, 5.41) is 6.26. The van der Waals surface area contributed by atoms with Gasteiger partial charge in [0, 0.05) is 43.6 Å². The molecule has 126 valence electrons. The fourth-order valence-electron chi connectivity index (χ4n) is 2.64. The quantitative estimate of drug-likeness (QED) is 0.837. The minimum atomic E-state index is -0.0511. The van der Waals surface area contributed by atoms with Crippen LogP contribution >= 0.6 is 11.8 Å². The predicted octanol–water partition coefficient (Wildman–Crippen LogP) is 2.20. The molecule has 2 amide bonds. The van der Waals surface area contributed by atoms with E-state index in [4.69, 9.17) is 0 Å². The lowest BCUT2D eigenvalue weighted by molar-refractivity contribution is -0.116. The lowest BCUT2D eigenvalue weighted by Crippen LogP contribution is -2.40. The van der Waals surface area contributed by atoms with E-state index >= 15 is 0 Å². The average molecular weight is 335 g/mol. The van der Waals surface area contributed by atoms with E-state index in [1.165, 1.54) is 0 Å². The van der Waals surface area contributed by atoms with E-state index in [0.717, 1.165) is 18.1 Å². The maximum absolute atomic E-state index is 12.6. The highest BCUT2D eigenvalue weighted by atomic mass is 32.2. The molecule has 1 unspecified atom stereocenters. The van der Waals surface area contributed by atoms with Crippen LogP contribution in [0.3, 0.4) is 0 Å². The molecule has 1 fully saturated rings. The van der Waals surface area contributed by atoms with Crippen LogP contribution < -0.4 is 10.6 Å². The van der Waals surface area contributed by atoms with Gasteiger partial charge in [-0.15, -0.1) is 0 Å². The monoisotopic (exact) mass is 335 g/mol. The molecule has 1 atom stereocenters. The molecule has 0 spiro atoms. The molecular formula is C17H25N3O2S. The number of amides is 2. The van der Waals surface area contributed by atoms with Crippen molar-refractivity contribution in [2.75, 3.05) is 36.5 Å². The highest BCUT2D eigenvalue weighted by molar-refractivity contribution is 7.99. The molecule has 1 aliphatic heterocycles. The normalized spacial score (nSPS) is 17.6. The van der Waals surface area contributed by atoms with Crippen LogP contribution in [0.5, 0.6) is 0 Å². The van der Waals surface area contributed by atoms with Crippen molar-refractivity contribution < 1.29 is 9.59 Å². The van der Waals surface area contributed by atoms with Crippen LogP contribution in [0.1, 0.15) is 30.6 Å². The van der Waals surface area contributed by atoms with Gasteiger partial charge in [0.25, 0.3) is 5.91 Å². The smallest absolute Gasteiger partial charge is 0.255 e. The number of hydrogen-bond donors (Lipinski definition) is 2. The van der Waals surface area contributed by atoms with Crippen LogP contribution in [0.2, 0.25) is 0 Å². The number of carbonyl (C=O) groups excluding carboxylic acids is 2. The van der Waals surface area contributed by atoms with Crippen molar-refractivity contribution in [1.29, 1.82) is 0 Å². The maximum Gasteiger partial charge on any atom is 0.255 e. The summed E-state index contributed by atoms with van der Waals surface area (Å²) in [7, 11) is 0. The van der Waals surface area contributed by atoms with Gasteiger partial charge in [-0.25, -0.2) is 0 Å². The first-order chi connectivity index (χ1) is 11.2. The van der Waals surface area contributed by atoms with Gasteiger partial charge in [0.05, 0.1) is 11.3 Å². The van der Waals surface area contributed by atoms with E-state index in [2.05, 4.69) is 10.6 Å². The summed E-state index contributed by atoms with van der Waals surface area (Å²) in [5.74, 6) is 1.95. The van der Waals surface area contributed by atoms with Gasteiger partial charge in [0.2, 0.25) is 5.91 Å². The zero-order valence-corrected chi connectivity index (χ0v) is 14.6. The number of para-hydroxylation sites is 1. The molecule has 0 saturated carbocycles. The summed E-state index contributed by atoms with van der Waals surface area (Å²) in [6.45, 7) is 6.16. The fraction of sp³-hybridized carbons (Fsp3) is 0.529. The van der Waals surface area contributed by atoms with E-state index in [0.29, 0.717) is 30.8 Å². The van der Waals surface area contributed by atoms with Crippen LogP contribution in [0.15, 0.2) is 24.3 Å². The van der Waals surface area contributed by atoms with Crippen molar-refractivity contribution in [3.8, 4) is 0 Å². The molecule has 23 heavy (non-hydrogen) atoms. The van der Waals surface area contributed by atoms with Crippen molar-refractivity contribution in [3.05, 3.63) is 29.8 Å². The Kier molecular flexibility index (Phi) is 6.92. The summed E-state index contributed by atoms with van der Waals surface area (Å²) in [5.41, 5.74) is 1.15. The molecule has 0 radical (unpaired) electrons. The zero-order chi connectivity index (χ0) is 16.7. The topological polar surface area (TPSA) is 61.4 Å². The molecule has 1 aromatic rings. The number of nitrogens with one attached hydrogen (secondary N) is 2. The molecular weight excluding hydrogens is 310 g/mol. The third kappa shape index (κ3) is 4.97. The van der Waals surface area contributed by atoms with Gasteiger partial charge in [-0.05, 0) is 26.0 Å². The number of hydrogen-bond acceptors (Lipinski definition) is 4. The maximum atomic E-state index is 12.6. The number of benzene rings is 1. The summed E-state index contributed by atoms with van der Waals surface area (Å²) in [6, 6.07) is 7.43. The van der Waals surface area contributed by atoms with E-state index in [-0.39, 0.29) is 17.9 Å². The second-order valence-electron chi connectivity index (χ2n) is 5.50. The van der Waals surface area contributed by atoms with E-state index in [1.54, 1.807) is 17.0 Å². The van der Waals surface area contributed by atoms with Gasteiger partial charge in [-0.3, -0.25) is 9.59 Å². The average Bonchev–Trinajstić information content (AvgIpc) is 2.57. The van der Waals surface area contributed by atoms with E-state index < -0.39 is 0 Å². The van der Waals surface area contributed by atoms with Gasteiger partial charge in [-0.1, -0.05) is 12.1 Å². The Labute approximate surface area is 142 Å². The van der Waals surface area contributed by atoms with Gasteiger partial charge >= 0.3 is 0 Å². The predicted molar refractivity (Wildman–Crippen MR) is 96.1 cm³/mol. The standard InChI is InChI=1S/C17H25N3O2S/c1-3-20(4-2)17(22)14-7-5-6-8-15(14)19-16(21)11-13-12-23-10-9-18-13/h5-8,13,18H,3-4,9-12H2,1-2H3,(H,19,21). The fourth-order valence-corrected chi connectivity index (χ4v) is 3.58. The number of anilines is 1. The summed E-state index contributed by atoms with van der Waals surface area (Å²) >= 11 is 1.87. The molecule has 0 aliphatic carbocycles. The van der Waals surface area contributed by atoms with Crippen molar-refractivity contribution >= 4 is 29.3 Å². The highest BCUT2D eigenvalue weighted by Crippen LogP contribution is 2.18. The molecule has 5 nitrogen and oxygen atoms in total. The molecule has 1 saturated heterocycles. The second-order valence-corrected chi connectivity index (χ2v) is 6.65. The molecule has 6 heteroatoms. The van der Waals surface area contributed by atoms with Crippen LogP contribution in [-0.2, 0) is 4.79 Å². The Hall–Kier alpha value is -1.53. The highest BCUT2D eigenvalue weighted by Gasteiger charge is 2.20. The third-order valence-corrected chi connectivity index (χ3v) is 5.04. The second kappa shape index (κ2) is 8.93. The Bertz CT molecular complexity index is 540. The minimum Gasteiger partial charge on any atom is -0.339 e. The van der Waals surface area contributed by atoms with Crippen molar-refractivity contribution in [1.82, 2.24) is 10.2 Å². The van der Waals surface area contributed by atoms with Gasteiger partial charge < -0.3 is 15.5 Å². The number of rotatable bonds is 6. The first kappa shape index (κ1) is 17.8. The van der Waals surface area contributed by atoms with Gasteiger partial charge in [0.15, 0.2) is 0 Å². The largest absolute Gasteiger partial charge is 0.339 e. The van der Waals surface area contributed by atoms with E-state index in [1.807, 2.05) is 37.7 Å². The number of thioether (sulfide) groups is 1. The summed E-state index contributed by atoms with van der Waals surface area (Å²) in [4.78, 5) is 26.6. The number of nitrogens with zero attached hydrogens (tertiary/aromatic N) is 1. The minimum absolute atomic E-state index is 0.0442. The Morgan fingerprint density at radius 1 is 1.30 bits per heavy atom. The summed E-state index contributed by atoms with van der Waals surface area (Å²) < 4.78 is 0. The molecule has 1 aromatic carbocycles. The van der Waals surface area contributed by atoms with Crippen LogP contribution in [0, 0.1) is 0 Å². The molecule has 1 aliphatic rings. The van der Waals surface area contributed by atoms with Gasteiger partial charge in [-0.2, -0.15) is 11.8 Å². The SMILES string of the molecule is CCN(CC)C(=O)c1ccccc1NC(=O)CC1CSCCN1.